The molecule has 3 N–H and O–H groups in total. The number of nitrogens with one attached hydrogen (secondary N) is 1. The van der Waals surface area contributed by atoms with Gasteiger partial charge in [-0.2, -0.15) is 10.5 Å². The molecule has 1 aromatic carbocycles. The molecule has 1 aromatic heterocycles. The molecule has 1 heterocycles. The van der Waals surface area contributed by atoms with Gasteiger partial charge in [-0.25, -0.2) is 4.79 Å². The number of likely N-dealkylation sites (N-methyl/N-ethyl adjacent to an activating group) is 1. The molecule has 8 nitrogen and oxygen atoms in total. The van der Waals surface area contributed by atoms with Crippen LogP contribution in [0.25, 0.3) is 0 Å². The van der Waals surface area contributed by atoms with Crippen molar-refractivity contribution in [2.24, 2.45) is 5.73 Å². The molecule has 0 spiro atoms. The van der Waals surface area contributed by atoms with Crippen LogP contribution in [0.2, 0.25) is 0 Å². The average Bonchev–Trinajstić information content (AvgIpc) is 3.14. The fraction of sp³-hybridized carbons (Fsp3) is 0.333. The van der Waals surface area contributed by atoms with Crippen molar-refractivity contribution in [1.29, 1.82) is 10.5 Å². The van der Waals surface area contributed by atoms with Crippen molar-refractivity contribution >= 4 is 17.6 Å². The Morgan fingerprint density at radius 2 is 1.97 bits per heavy atom. The number of anilines is 1. The van der Waals surface area contributed by atoms with Gasteiger partial charge in [-0.05, 0) is 38.5 Å². The summed E-state index contributed by atoms with van der Waals surface area (Å²) >= 11 is 0. The van der Waals surface area contributed by atoms with Gasteiger partial charge in [0, 0.05) is 43.1 Å². The van der Waals surface area contributed by atoms with Crippen LogP contribution >= 0.6 is 0 Å². The zero-order valence-corrected chi connectivity index (χ0v) is 21.1. The zero-order valence-electron chi connectivity index (χ0n) is 21.1. The average molecular weight is 475 g/mol. The maximum absolute atomic E-state index is 12.7. The number of nitrogens with zero attached hydrogens (tertiary/aromatic N) is 4. The second kappa shape index (κ2) is 14.1. The van der Waals surface area contributed by atoms with E-state index in [1.165, 1.54) is 4.90 Å². The summed E-state index contributed by atoms with van der Waals surface area (Å²) in [7, 11) is 1.65. The Kier molecular flexibility index (Phi) is 11.5. The van der Waals surface area contributed by atoms with E-state index >= 15 is 0 Å². The van der Waals surface area contributed by atoms with Crippen molar-refractivity contribution in [2.75, 3.05) is 18.9 Å². The molecule has 2 rings (SSSR count). The number of carbonyl (C=O) groups excluding carboxylic acids is 2. The van der Waals surface area contributed by atoms with Crippen LogP contribution in [0.5, 0.6) is 0 Å². The summed E-state index contributed by atoms with van der Waals surface area (Å²) in [6, 6.07) is 10.5. The molecule has 3 amide bonds. The summed E-state index contributed by atoms with van der Waals surface area (Å²) in [6.07, 6.45) is 6.18. The fourth-order valence-corrected chi connectivity index (χ4v) is 3.78. The molecule has 0 bridgehead atoms. The van der Waals surface area contributed by atoms with E-state index in [1.54, 1.807) is 44.3 Å². The highest BCUT2D eigenvalue weighted by Gasteiger charge is 2.27. The highest BCUT2D eigenvalue weighted by molar-refractivity contribution is 5.97. The van der Waals surface area contributed by atoms with Crippen molar-refractivity contribution < 1.29 is 9.59 Å². The lowest BCUT2D eigenvalue weighted by molar-refractivity contribution is 0.0999. The Morgan fingerprint density at radius 3 is 2.51 bits per heavy atom. The normalized spacial score (nSPS) is 10.9. The van der Waals surface area contributed by atoms with Gasteiger partial charge < -0.3 is 20.5 Å². The number of carbonyl (C=O) groups is 2. The third-order valence-electron chi connectivity index (χ3n) is 5.37. The molecule has 184 valence electrons. The molecule has 0 fully saturated rings. The number of allylic oxidation sites excluding steroid dienone is 3. The number of urea groups is 1. The first kappa shape index (κ1) is 28.7. The van der Waals surface area contributed by atoms with Crippen molar-refractivity contribution in [3.05, 3.63) is 77.2 Å². The van der Waals surface area contributed by atoms with Crippen LogP contribution in [0.1, 0.15) is 66.0 Å². The monoisotopic (exact) mass is 474 g/mol. The van der Waals surface area contributed by atoms with Crippen LogP contribution in [0, 0.1) is 29.6 Å². The van der Waals surface area contributed by atoms with Gasteiger partial charge in [0.1, 0.15) is 6.07 Å². The van der Waals surface area contributed by atoms with E-state index in [-0.39, 0.29) is 23.1 Å². The number of hydrogen-bond acceptors (Lipinski definition) is 4. The van der Waals surface area contributed by atoms with Gasteiger partial charge in [0.2, 0.25) is 0 Å². The van der Waals surface area contributed by atoms with E-state index in [1.807, 2.05) is 43.6 Å². The lowest BCUT2D eigenvalue weighted by atomic mass is 9.96. The first-order chi connectivity index (χ1) is 16.8. The summed E-state index contributed by atoms with van der Waals surface area (Å²) in [4.78, 5) is 26.3. The lowest BCUT2D eigenvalue weighted by Crippen LogP contribution is -2.34. The van der Waals surface area contributed by atoms with E-state index in [0.29, 0.717) is 42.1 Å². The smallest absolute Gasteiger partial charge is 0.321 e. The number of primary amides is 1. The Labute approximate surface area is 207 Å². The molecule has 35 heavy (non-hydrogen) atoms. The summed E-state index contributed by atoms with van der Waals surface area (Å²) in [6.45, 7) is 12.1. The van der Waals surface area contributed by atoms with Gasteiger partial charge in [0.05, 0.1) is 22.8 Å². The largest absolute Gasteiger partial charge is 0.366 e. The molecule has 0 radical (unpaired) electrons. The van der Waals surface area contributed by atoms with Crippen LogP contribution in [0.3, 0.4) is 0 Å². The molecule has 1 atom stereocenters. The number of nitriles is 2. The number of benzene rings is 1. The highest BCUT2D eigenvalue weighted by atomic mass is 16.2. The van der Waals surface area contributed by atoms with E-state index < -0.39 is 5.91 Å². The van der Waals surface area contributed by atoms with E-state index in [4.69, 9.17) is 11.0 Å². The predicted octanol–water partition coefficient (Wildman–Crippen LogP) is 5.06. The number of amides is 3. The molecule has 0 saturated heterocycles. The number of hydrogen-bond donors (Lipinski definition) is 2. The number of nitrogens with two attached hydrogens (primary N) is 1. The number of aromatic nitrogens is 1. The topological polar surface area (TPSA) is 128 Å². The van der Waals surface area contributed by atoms with Gasteiger partial charge in [-0.15, -0.1) is 6.58 Å². The first-order valence-electron chi connectivity index (χ1n) is 11.5. The standard InChI is InChI=1S/C25H28N6O2.C2H6/c1-5-8-19(9-6-2)23-21(16-27)22(24(28)32)17(3)31(23)13-12-30(4)25(33)29-20-11-7-10-18(14-20)15-26;1-2/h5-7,9-11,14,19H,1,8,12-13H2,2-4H3,(H2,28,32)(H,29,33);1-2H3/b9-6-;. The molecule has 1 unspecified atom stereocenters. The van der Waals surface area contributed by atoms with E-state index in [0.717, 1.165) is 0 Å². The number of rotatable bonds is 9. The summed E-state index contributed by atoms with van der Waals surface area (Å²) in [5, 5.41) is 21.6. The minimum atomic E-state index is -0.662. The van der Waals surface area contributed by atoms with Gasteiger partial charge >= 0.3 is 6.03 Å². The molecule has 8 heteroatoms. The van der Waals surface area contributed by atoms with Crippen LogP contribution in [-0.4, -0.2) is 35.0 Å². The third kappa shape index (κ3) is 7.09. The Bertz CT molecular complexity index is 1160. The molecular formula is C27H34N6O2. The summed E-state index contributed by atoms with van der Waals surface area (Å²) in [5.74, 6) is -0.827. The second-order valence-electron chi connectivity index (χ2n) is 7.55. The molecule has 0 aliphatic carbocycles. The molecule has 0 aliphatic rings. The minimum absolute atomic E-state index is 0.165. The second-order valence-corrected chi connectivity index (χ2v) is 7.55. The Morgan fingerprint density at radius 1 is 1.29 bits per heavy atom. The van der Waals surface area contributed by atoms with Crippen LogP contribution < -0.4 is 11.1 Å². The maximum atomic E-state index is 12.7. The van der Waals surface area contributed by atoms with Gasteiger partial charge in [-0.3, -0.25) is 4.79 Å². The van der Waals surface area contributed by atoms with Gasteiger partial charge in [-0.1, -0.05) is 38.1 Å². The molecule has 0 saturated carbocycles. The van der Waals surface area contributed by atoms with Crippen molar-refractivity contribution in [1.82, 2.24) is 9.47 Å². The summed E-state index contributed by atoms with van der Waals surface area (Å²) in [5.41, 5.74) is 8.28. The quantitative estimate of drug-likeness (QED) is 0.492. The predicted molar refractivity (Wildman–Crippen MR) is 139 cm³/mol. The minimum Gasteiger partial charge on any atom is -0.366 e. The fourth-order valence-electron chi connectivity index (χ4n) is 3.78. The van der Waals surface area contributed by atoms with E-state index in [2.05, 4.69) is 18.0 Å². The van der Waals surface area contributed by atoms with Crippen molar-refractivity contribution in [3.63, 3.8) is 0 Å². The molecule has 2 aromatic rings. The summed E-state index contributed by atoms with van der Waals surface area (Å²) < 4.78 is 1.88. The van der Waals surface area contributed by atoms with Crippen LogP contribution in [0.15, 0.2) is 49.1 Å². The third-order valence-corrected chi connectivity index (χ3v) is 5.37. The van der Waals surface area contributed by atoms with Gasteiger partial charge in [0.25, 0.3) is 5.91 Å². The van der Waals surface area contributed by atoms with Gasteiger partial charge in [0.15, 0.2) is 0 Å². The molecule has 0 aliphatic heterocycles. The van der Waals surface area contributed by atoms with E-state index in [9.17, 15) is 14.9 Å². The van der Waals surface area contributed by atoms with Crippen LogP contribution in [-0.2, 0) is 6.54 Å². The van der Waals surface area contributed by atoms with Crippen LogP contribution in [0.4, 0.5) is 10.5 Å². The first-order valence-corrected chi connectivity index (χ1v) is 11.5. The zero-order chi connectivity index (χ0) is 26.5. The highest BCUT2D eigenvalue weighted by Crippen LogP contribution is 2.32. The maximum Gasteiger partial charge on any atom is 0.321 e. The Hall–Kier alpha value is -4.30. The Balaban J connectivity index is 0.00000298. The van der Waals surface area contributed by atoms with Crippen molar-refractivity contribution in [2.45, 2.75) is 46.6 Å². The van der Waals surface area contributed by atoms with Crippen molar-refractivity contribution in [3.8, 4) is 12.1 Å². The lowest BCUT2D eigenvalue weighted by Gasteiger charge is -2.22. The SMILES string of the molecule is C=CCC(/C=C\C)c1c(C#N)c(C(N)=O)c(C)n1CCN(C)C(=O)Nc1cccc(C#N)c1.CC. The molecular weight excluding hydrogens is 440 g/mol.